The largest absolute Gasteiger partial charge is 0.511 e. The van der Waals surface area contributed by atoms with Crippen molar-refractivity contribution in [3.63, 3.8) is 0 Å². The molecule has 0 saturated heterocycles. The van der Waals surface area contributed by atoms with E-state index in [1.807, 2.05) is 0 Å². The van der Waals surface area contributed by atoms with Crippen molar-refractivity contribution in [3.8, 4) is 5.75 Å². The van der Waals surface area contributed by atoms with Crippen molar-refractivity contribution < 1.29 is 49.5 Å². The average Bonchev–Trinajstić information content (AvgIpc) is 2.83. The van der Waals surface area contributed by atoms with Gasteiger partial charge in [-0.15, -0.1) is 0 Å². The molecule has 1 aromatic carbocycles. The van der Waals surface area contributed by atoms with E-state index in [-0.39, 0.29) is 54.8 Å². The van der Waals surface area contributed by atoms with Gasteiger partial charge < -0.3 is 31.3 Å². The van der Waals surface area contributed by atoms with Gasteiger partial charge in [-0.05, 0) is 36.3 Å². The minimum atomic E-state index is -2.81. The molecule has 0 radical (unpaired) electrons. The maximum Gasteiger partial charge on any atom is 0.303 e. The van der Waals surface area contributed by atoms with E-state index >= 15 is 0 Å². The molecule has 38 heavy (non-hydrogen) atoms. The van der Waals surface area contributed by atoms with E-state index < -0.39 is 76.2 Å². The first-order chi connectivity index (χ1) is 17.8. The van der Waals surface area contributed by atoms with Gasteiger partial charge in [-0.3, -0.25) is 24.0 Å². The van der Waals surface area contributed by atoms with Gasteiger partial charge in [0.1, 0.15) is 28.6 Å². The normalized spacial score (nSPS) is 28.5. The minimum Gasteiger partial charge on any atom is -0.511 e. The van der Waals surface area contributed by atoms with Gasteiger partial charge in [0, 0.05) is 43.1 Å². The topological polar surface area (TPSA) is 213 Å². The number of phenolic OH excluding ortho intramolecular Hbond substituents is 1. The number of benzene rings is 1. The highest BCUT2D eigenvalue weighted by Crippen LogP contribution is 2.58. The molecule has 0 heterocycles. The highest BCUT2D eigenvalue weighted by Gasteiger charge is 2.64. The monoisotopic (exact) mass is 527 g/mol. The number of aliphatic hydroxyl groups excluding tert-OH is 2. The van der Waals surface area contributed by atoms with Crippen molar-refractivity contribution in [1.82, 2.24) is 0 Å². The van der Waals surface area contributed by atoms with Crippen LogP contribution in [0.5, 0.6) is 5.75 Å². The molecule has 7 N–H and O–H groups in total. The van der Waals surface area contributed by atoms with E-state index in [4.69, 9.17) is 10.8 Å². The van der Waals surface area contributed by atoms with Gasteiger partial charge in [0.25, 0.3) is 5.91 Å². The van der Waals surface area contributed by atoms with Crippen LogP contribution >= 0.6 is 0 Å². The summed E-state index contributed by atoms with van der Waals surface area (Å²) >= 11 is 0. The van der Waals surface area contributed by atoms with Crippen LogP contribution in [-0.4, -0.2) is 60.4 Å². The first-order valence-electron chi connectivity index (χ1n) is 12.3. The van der Waals surface area contributed by atoms with Gasteiger partial charge in [0.15, 0.2) is 11.4 Å². The Hall–Kier alpha value is -3.99. The van der Waals surface area contributed by atoms with Crippen molar-refractivity contribution in [2.24, 2.45) is 23.5 Å². The molecular formula is C27H29NO10. The zero-order valence-electron chi connectivity index (χ0n) is 20.6. The number of Topliss-reactive ketones (excluding diaryl/α,β-unsaturated/α-hetero) is 3. The summed E-state index contributed by atoms with van der Waals surface area (Å²) in [5.74, 6) is -10.5. The SMILES string of the molecule is C[C@@H]1c2cccc(O)c2C(=O)C2=C(O)[C@]3(O)C(=O)C(C(N)=O)=C(O)C[C@@H]3[C@@H](CC(=O)CCCCC(=O)O)[C@@H]21. The second kappa shape index (κ2) is 9.71. The van der Waals surface area contributed by atoms with Gasteiger partial charge >= 0.3 is 5.97 Å². The second-order valence-electron chi connectivity index (χ2n) is 10.2. The number of amides is 1. The van der Waals surface area contributed by atoms with E-state index in [9.17, 15) is 44.4 Å². The highest BCUT2D eigenvalue weighted by atomic mass is 16.4. The zero-order chi connectivity index (χ0) is 28.1. The lowest BCUT2D eigenvalue weighted by Gasteiger charge is -2.52. The number of phenols is 1. The van der Waals surface area contributed by atoms with Crippen LogP contribution in [0, 0.1) is 17.8 Å². The number of aliphatic hydroxyl groups is 3. The molecule has 3 aliphatic rings. The number of allylic oxidation sites excluding steroid dienone is 2. The van der Waals surface area contributed by atoms with Crippen LogP contribution in [0.1, 0.15) is 67.3 Å². The summed E-state index contributed by atoms with van der Waals surface area (Å²) in [6.07, 6.45) is -0.266. The number of carbonyl (C=O) groups is 5. The van der Waals surface area contributed by atoms with Gasteiger partial charge in [0.2, 0.25) is 5.78 Å². The third-order valence-electron chi connectivity index (χ3n) is 8.12. The molecule has 0 unspecified atom stereocenters. The Balaban J connectivity index is 1.85. The molecule has 0 spiro atoms. The molecule has 0 aliphatic heterocycles. The Morgan fingerprint density at radius 2 is 1.74 bits per heavy atom. The van der Waals surface area contributed by atoms with Crippen molar-refractivity contribution in [2.75, 3.05) is 0 Å². The van der Waals surface area contributed by atoms with Crippen molar-refractivity contribution in [3.05, 3.63) is 52.0 Å². The molecule has 11 heteroatoms. The molecule has 1 aromatic rings. The van der Waals surface area contributed by atoms with Crippen LogP contribution in [0.25, 0.3) is 0 Å². The third-order valence-corrected chi connectivity index (χ3v) is 8.12. The Morgan fingerprint density at radius 1 is 1.08 bits per heavy atom. The number of hydrogen-bond acceptors (Lipinski definition) is 9. The average molecular weight is 528 g/mol. The summed E-state index contributed by atoms with van der Waals surface area (Å²) in [5, 5.41) is 52.8. The van der Waals surface area contributed by atoms with Crippen LogP contribution in [0.2, 0.25) is 0 Å². The van der Waals surface area contributed by atoms with Crippen molar-refractivity contribution >= 4 is 29.2 Å². The van der Waals surface area contributed by atoms with Crippen LogP contribution in [0.4, 0.5) is 0 Å². The number of carboxylic acid groups (broad SMARTS) is 1. The number of aliphatic carboxylic acids is 1. The molecule has 0 fully saturated rings. The number of unbranched alkanes of at least 4 members (excludes halogenated alkanes) is 1. The van der Waals surface area contributed by atoms with Gasteiger partial charge in [-0.1, -0.05) is 19.1 Å². The molecule has 1 amide bonds. The fourth-order valence-electron chi connectivity index (χ4n) is 6.40. The second-order valence-corrected chi connectivity index (χ2v) is 10.2. The Kier molecular flexibility index (Phi) is 6.92. The number of rotatable bonds is 8. The van der Waals surface area contributed by atoms with E-state index in [1.54, 1.807) is 19.1 Å². The van der Waals surface area contributed by atoms with E-state index in [1.165, 1.54) is 6.07 Å². The molecule has 4 rings (SSSR count). The van der Waals surface area contributed by atoms with Gasteiger partial charge in [-0.2, -0.15) is 0 Å². The Labute approximate surface area is 217 Å². The summed E-state index contributed by atoms with van der Waals surface area (Å²) in [4.78, 5) is 62.8. The number of primary amides is 1. The lowest BCUT2D eigenvalue weighted by Crippen LogP contribution is -2.61. The lowest BCUT2D eigenvalue weighted by atomic mass is 9.52. The number of fused-ring (bicyclic) bond motifs is 3. The molecule has 5 atom stereocenters. The van der Waals surface area contributed by atoms with Crippen LogP contribution in [0.15, 0.2) is 40.9 Å². The number of ketones is 3. The van der Waals surface area contributed by atoms with Crippen molar-refractivity contribution in [2.45, 2.75) is 57.0 Å². The van der Waals surface area contributed by atoms with Crippen LogP contribution in [0.3, 0.4) is 0 Å². The first-order valence-corrected chi connectivity index (χ1v) is 12.3. The molecular weight excluding hydrogens is 498 g/mol. The molecule has 11 nitrogen and oxygen atoms in total. The van der Waals surface area contributed by atoms with E-state index in [2.05, 4.69) is 0 Å². The molecule has 0 saturated carbocycles. The molecule has 202 valence electrons. The number of carboxylic acids is 1. The maximum atomic E-state index is 13.6. The van der Waals surface area contributed by atoms with E-state index in [0.29, 0.717) is 5.56 Å². The molecule has 0 aromatic heterocycles. The van der Waals surface area contributed by atoms with E-state index in [0.717, 1.165) is 0 Å². The van der Waals surface area contributed by atoms with Crippen LogP contribution < -0.4 is 5.73 Å². The lowest BCUT2D eigenvalue weighted by molar-refractivity contribution is -0.150. The van der Waals surface area contributed by atoms with Gasteiger partial charge in [-0.25, -0.2) is 0 Å². The standard InChI is InChI=1S/C27H29NO10/c1-11-13-6-4-7-16(30)20(13)23(34)22-19(11)14(9-12(29)5-2-3-8-18(32)33)15-10-17(31)21(26(28)37)24(35)27(15,38)25(22)36/h4,6-7,11,14-15,19,30-31,36,38H,2-3,5,8-10H2,1H3,(H2,28,37)(H,32,33)/t11-,14-,15-,19+,27-/m1/s1. The number of aromatic hydroxyl groups is 1. The third kappa shape index (κ3) is 4.07. The maximum absolute atomic E-state index is 13.6. The van der Waals surface area contributed by atoms with Gasteiger partial charge in [0.05, 0.1) is 5.56 Å². The number of hydrogen-bond donors (Lipinski definition) is 6. The summed E-state index contributed by atoms with van der Waals surface area (Å²) in [7, 11) is 0. The molecule has 3 aliphatic carbocycles. The Morgan fingerprint density at radius 3 is 2.37 bits per heavy atom. The summed E-state index contributed by atoms with van der Waals surface area (Å²) in [6.45, 7) is 1.73. The fraction of sp³-hybridized carbons (Fsp3) is 0.444. The summed E-state index contributed by atoms with van der Waals surface area (Å²) < 4.78 is 0. The summed E-state index contributed by atoms with van der Waals surface area (Å²) in [6, 6.07) is 4.47. The van der Waals surface area contributed by atoms with Crippen molar-refractivity contribution in [1.29, 1.82) is 0 Å². The number of nitrogens with two attached hydrogens (primary N) is 1. The first kappa shape index (κ1) is 27.1. The predicted octanol–water partition coefficient (Wildman–Crippen LogP) is 1.97. The minimum absolute atomic E-state index is 0.00862. The van der Waals surface area contributed by atoms with Crippen LogP contribution in [-0.2, 0) is 19.2 Å². The fourth-order valence-corrected chi connectivity index (χ4v) is 6.40. The summed E-state index contributed by atoms with van der Waals surface area (Å²) in [5.41, 5.74) is 1.57. The smallest absolute Gasteiger partial charge is 0.303 e. The quantitative estimate of drug-likeness (QED) is 0.213. The number of carbonyl (C=O) groups excluding carboxylic acids is 4. The Bertz CT molecular complexity index is 1320. The molecule has 0 bridgehead atoms. The zero-order valence-corrected chi connectivity index (χ0v) is 20.6. The highest BCUT2D eigenvalue weighted by molar-refractivity contribution is 6.24. The predicted molar refractivity (Wildman–Crippen MR) is 130 cm³/mol.